The lowest BCUT2D eigenvalue weighted by atomic mass is 10.0. The molecule has 0 aromatic rings. The fourth-order valence-corrected chi connectivity index (χ4v) is 8.19. The third-order valence-electron chi connectivity index (χ3n) is 12.7. The topological polar surface area (TPSA) is 108 Å². The minimum atomic E-state index is -1.51. The Hall–Kier alpha value is -3.27. The van der Waals surface area contributed by atoms with E-state index < -0.39 is 24.3 Å². The molecule has 0 spiro atoms. The molecule has 0 bridgehead atoms. The van der Waals surface area contributed by atoms with Crippen molar-refractivity contribution in [3.8, 4) is 0 Å². The molecule has 1 N–H and O–H groups in total. The largest absolute Gasteiger partial charge is 0.477 e. The summed E-state index contributed by atoms with van der Waals surface area (Å²) in [5, 5.41) is 9.70. The highest BCUT2D eigenvalue weighted by atomic mass is 16.7. The first-order chi connectivity index (χ1) is 35.1. The number of rotatable bonds is 54. The summed E-state index contributed by atoms with van der Waals surface area (Å²) in [4.78, 5) is 37.4. The quantitative estimate of drug-likeness (QED) is 0.0211. The number of allylic oxidation sites excluding steroid dienone is 12. The van der Waals surface area contributed by atoms with E-state index in [4.69, 9.17) is 18.9 Å². The molecule has 0 radical (unpaired) electrons. The summed E-state index contributed by atoms with van der Waals surface area (Å²) >= 11 is 0. The second kappa shape index (κ2) is 54.0. The molecule has 2 unspecified atom stereocenters. The molecule has 9 nitrogen and oxygen atoms in total. The Kier molecular flexibility index (Phi) is 51.6. The molecule has 0 saturated carbocycles. The molecule has 2 atom stereocenters. The van der Waals surface area contributed by atoms with E-state index in [9.17, 15) is 19.5 Å². The smallest absolute Gasteiger partial charge is 0.361 e. The van der Waals surface area contributed by atoms with Crippen LogP contribution in [0.1, 0.15) is 251 Å². The lowest BCUT2D eigenvalue weighted by molar-refractivity contribution is -0.870. The molecule has 0 heterocycles. The Balaban J connectivity index is 4.19. The van der Waals surface area contributed by atoms with E-state index >= 15 is 0 Å². The number of hydrogen-bond donors (Lipinski definition) is 1. The molecule has 0 amide bonds. The number of nitrogens with zero attached hydrogens (tertiary/aromatic N) is 1. The number of carboxylic acid groups (broad SMARTS) is 1. The standard InChI is InChI=1S/C63H111NO8/c1-6-8-10-12-14-16-18-20-22-24-25-26-27-28-29-30-31-32-33-34-35-36-37-38-40-42-44-46-48-50-52-54-61(66)72-59(58-71-63(62(67)68)69-56-55-64(3,4)5)57-70-60(65)53-51-49-47-45-43-41-39-23-21-19-17-15-13-11-9-7-2/h8,10,14,16,20,22,25-26,28-29,31-32,59,63H,6-7,9,11-13,15,17-19,21,23-24,27,30,33-58H2,1-5H3/p+1/b10-8-,16-14-,22-20-,26-25-,29-28-,32-31-. The van der Waals surface area contributed by atoms with E-state index in [1.165, 1.54) is 141 Å². The number of unbranched alkanes of at least 4 members (excludes halogenated alkanes) is 27. The van der Waals surface area contributed by atoms with Gasteiger partial charge in [-0.3, -0.25) is 9.59 Å². The first-order valence-corrected chi connectivity index (χ1v) is 29.6. The molecule has 9 heteroatoms. The van der Waals surface area contributed by atoms with Crippen LogP contribution in [0, 0.1) is 0 Å². The molecule has 0 aliphatic carbocycles. The average molecular weight is 1010 g/mol. The highest BCUT2D eigenvalue weighted by Crippen LogP contribution is 2.16. The Morgan fingerprint density at radius 2 is 0.792 bits per heavy atom. The van der Waals surface area contributed by atoms with Crippen molar-refractivity contribution in [1.82, 2.24) is 0 Å². The molecular formula is C63H112NO8+. The van der Waals surface area contributed by atoms with Crippen molar-refractivity contribution in [2.75, 3.05) is 47.5 Å². The van der Waals surface area contributed by atoms with Crippen LogP contribution in [-0.2, 0) is 33.3 Å². The van der Waals surface area contributed by atoms with Crippen LogP contribution in [0.5, 0.6) is 0 Å². The summed E-state index contributed by atoms with van der Waals surface area (Å²) in [7, 11) is 5.97. The van der Waals surface area contributed by atoms with Gasteiger partial charge in [-0.05, 0) is 64.2 Å². The third-order valence-corrected chi connectivity index (χ3v) is 12.7. The molecule has 72 heavy (non-hydrogen) atoms. The number of ether oxygens (including phenoxy) is 4. The van der Waals surface area contributed by atoms with Gasteiger partial charge in [0.25, 0.3) is 6.29 Å². The lowest BCUT2D eigenvalue weighted by Crippen LogP contribution is -2.40. The Labute approximate surface area is 443 Å². The maximum Gasteiger partial charge on any atom is 0.361 e. The van der Waals surface area contributed by atoms with E-state index in [1.807, 2.05) is 21.1 Å². The summed E-state index contributed by atoms with van der Waals surface area (Å²) in [5.74, 6) is -2.00. The summed E-state index contributed by atoms with van der Waals surface area (Å²) in [6.07, 6.45) is 66.9. The van der Waals surface area contributed by atoms with Gasteiger partial charge in [0.2, 0.25) is 0 Å². The number of hydrogen-bond acceptors (Lipinski definition) is 7. The number of likely N-dealkylation sites (N-methyl/N-ethyl adjacent to an activating group) is 1. The van der Waals surface area contributed by atoms with E-state index in [1.54, 1.807) is 0 Å². The number of carboxylic acids is 1. The molecule has 0 aliphatic rings. The predicted octanol–water partition coefficient (Wildman–Crippen LogP) is 17.4. The highest BCUT2D eigenvalue weighted by molar-refractivity contribution is 5.71. The zero-order valence-corrected chi connectivity index (χ0v) is 47.3. The van der Waals surface area contributed by atoms with Crippen molar-refractivity contribution < 1.29 is 42.9 Å². The number of carbonyl (C=O) groups excluding carboxylic acids is 2. The fourth-order valence-electron chi connectivity index (χ4n) is 8.19. The number of esters is 2. The molecule has 0 fully saturated rings. The van der Waals surface area contributed by atoms with Crippen molar-refractivity contribution in [3.05, 3.63) is 72.9 Å². The van der Waals surface area contributed by atoms with Crippen LogP contribution in [0.2, 0.25) is 0 Å². The monoisotopic (exact) mass is 1010 g/mol. The minimum absolute atomic E-state index is 0.182. The molecular weight excluding hydrogens is 899 g/mol. The highest BCUT2D eigenvalue weighted by Gasteiger charge is 2.25. The summed E-state index contributed by atoms with van der Waals surface area (Å²) in [6, 6.07) is 0. The van der Waals surface area contributed by atoms with Crippen molar-refractivity contribution in [2.45, 2.75) is 264 Å². The van der Waals surface area contributed by atoms with Crippen molar-refractivity contribution in [2.24, 2.45) is 0 Å². The minimum Gasteiger partial charge on any atom is -0.477 e. The van der Waals surface area contributed by atoms with Crippen molar-refractivity contribution in [3.63, 3.8) is 0 Å². The van der Waals surface area contributed by atoms with Gasteiger partial charge in [-0.1, -0.05) is 247 Å². The second-order valence-electron chi connectivity index (χ2n) is 20.9. The maximum absolute atomic E-state index is 12.9. The van der Waals surface area contributed by atoms with Gasteiger partial charge in [0, 0.05) is 12.8 Å². The van der Waals surface area contributed by atoms with Crippen LogP contribution in [0.3, 0.4) is 0 Å². The average Bonchev–Trinajstić information content (AvgIpc) is 3.35. The predicted molar refractivity (Wildman–Crippen MR) is 304 cm³/mol. The molecule has 0 rings (SSSR count). The van der Waals surface area contributed by atoms with E-state index in [2.05, 4.69) is 86.8 Å². The molecule has 0 aromatic heterocycles. The van der Waals surface area contributed by atoms with Crippen LogP contribution in [0.4, 0.5) is 0 Å². The molecule has 416 valence electrons. The van der Waals surface area contributed by atoms with Gasteiger partial charge >= 0.3 is 17.9 Å². The molecule has 0 aromatic carbocycles. The van der Waals surface area contributed by atoms with Gasteiger partial charge in [0.1, 0.15) is 13.2 Å². The first-order valence-electron chi connectivity index (χ1n) is 29.6. The van der Waals surface area contributed by atoms with Gasteiger partial charge < -0.3 is 28.5 Å². The molecule has 0 aliphatic heterocycles. The van der Waals surface area contributed by atoms with Crippen molar-refractivity contribution in [1.29, 1.82) is 0 Å². The van der Waals surface area contributed by atoms with E-state index in [0.29, 0.717) is 17.4 Å². The zero-order valence-electron chi connectivity index (χ0n) is 47.3. The zero-order chi connectivity index (χ0) is 52.7. The SMILES string of the molecule is CC/C=C\C/C=C\C/C=C\C/C=C\C/C=C\C/C=C\CCCCCCCCCCCCCCC(=O)OC(COC(=O)CCCCCCCCCCCCCCCCCC)COC(OCC[N+](C)(C)C)C(=O)O. The normalized spacial score (nSPS) is 13.3. The van der Waals surface area contributed by atoms with Gasteiger partial charge in [0.05, 0.1) is 34.4 Å². The van der Waals surface area contributed by atoms with E-state index in [0.717, 1.165) is 83.5 Å². The number of carbonyl (C=O) groups is 3. The third kappa shape index (κ3) is 54.5. The van der Waals surface area contributed by atoms with Gasteiger partial charge in [0.15, 0.2) is 6.10 Å². The Morgan fingerprint density at radius 1 is 0.431 bits per heavy atom. The van der Waals surface area contributed by atoms with Crippen molar-refractivity contribution >= 4 is 17.9 Å². The van der Waals surface area contributed by atoms with Crippen LogP contribution in [0.15, 0.2) is 72.9 Å². The van der Waals surface area contributed by atoms with Crippen LogP contribution < -0.4 is 0 Å². The first kappa shape index (κ1) is 68.7. The lowest BCUT2D eigenvalue weighted by Gasteiger charge is -2.25. The van der Waals surface area contributed by atoms with Gasteiger partial charge in [-0.2, -0.15) is 0 Å². The summed E-state index contributed by atoms with van der Waals surface area (Å²) < 4.78 is 22.9. The fraction of sp³-hybridized carbons (Fsp3) is 0.762. The summed E-state index contributed by atoms with van der Waals surface area (Å²) in [6.45, 7) is 4.78. The van der Waals surface area contributed by atoms with Crippen LogP contribution in [-0.4, -0.2) is 87.4 Å². The van der Waals surface area contributed by atoms with E-state index in [-0.39, 0.29) is 32.2 Å². The Morgan fingerprint density at radius 3 is 1.18 bits per heavy atom. The maximum atomic E-state index is 12.9. The Bertz CT molecular complexity index is 1410. The number of aliphatic carboxylic acids is 1. The van der Waals surface area contributed by atoms with Crippen LogP contribution in [0.25, 0.3) is 0 Å². The van der Waals surface area contributed by atoms with Crippen LogP contribution >= 0.6 is 0 Å². The van der Waals surface area contributed by atoms with Gasteiger partial charge in [-0.25, -0.2) is 4.79 Å². The summed E-state index contributed by atoms with van der Waals surface area (Å²) in [5.41, 5.74) is 0. The second-order valence-corrected chi connectivity index (χ2v) is 20.9. The number of quaternary nitrogens is 1. The molecule has 0 saturated heterocycles. The van der Waals surface area contributed by atoms with Gasteiger partial charge in [-0.15, -0.1) is 0 Å².